The largest absolute Gasteiger partial charge is 0.444 e. The second-order valence-electron chi connectivity index (χ2n) is 7.46. The number of nitrogens with zero attached hydrogens (tertiary/aromatic N) is 1. The first-order chi connectivity index (χ1) is 12.7. The van der Waals surface area contributed by atoms with E-state index < -0.39 is 11.7 Å². The standard InChI is InChI=1S/C19H26ClN3O4/c1-19(2,3)27-18(26)21-12-16(24)23-10-8-13(9-11-23)22-17(25)14-6-4-5-7-15(14)20/h4-7,13H,8-12H2,1-3H3,(H,21,26)(H,22,25). The molecule has 0 unspecified atom stereocenters. The van der Waals surface area contributed by atoms with Crippen molar-refractivity contribution >= 4 is 29.5 Å². The molecule has 1 aromatic rings. The summed E-state index contributed by atoms with van der Waals surface area (Å²) in [6, 6.07) is 6.87. The summed E-state index contributed by atoms with van der Waals surface area (Å²) < 4.78 is 5.11. The number of carbonyl (C=O) groups is 3. The molecule has 8 heteroatoms. The number of piperidine rings is 1. The van der Waals surface area contributed by atoms with Gasteiger partial charge in [-0.15, -0.1) is 0 Å². The SMILES string of the molecule is CC(C)(C)OC(=O)NCC(=O)N1CCC(NC(=O)c2ccccc2Cl)CC1. The molecule has 1 heterocycles. The maximum atomic E-state index is 12.3. The van der Waals surface area contributed by atoms with Gasteiger partial charge in [-0.3, -0.25) is 9.59 Å². The van der Waals surface area contributed by atoms with Crippen molar-refractivity contribution in [2.45, 2.75) is 45.3 Å². The van der Waals surface area contributed by atoms with E-state index >= 15 is 0 Å². The zero-order valence-electron chi connectivity index (χ0n) is 15.9. The van der Waals surface area contributed by atoms with Crippen molar-refractivity contribution in [2.75, 3.05) is 19.6 Å². The van der Waals surface area contributed by atoms with E-state index in [1.54, 1.807) is 49.9 Å². The summed E-state index contributed by atoms with van der Waals surface area (Å²) in [7, 11) is 0. The third kappa shape index (κ3) is 6.75. The zero-order chi connectivity index (χ0) is 20.0. The van der Waals surface area contributed by atoms with Crippen molar-refractivity contribution in [3.8, 4) is 0 Å². The van der Waals surface area contributed by atoms with Gasteiger partial charge in [0.1, 0.15) is 12.1 Å². The van der Waals surface area contributed by atoms with Crippen LogP contribution in [0.2, 0.25) is 5.02 Å². The van der Waals surface area contributed by atoms with E-state index in [1.165, 1.54) is 0 Å². The topological polar surface area (TPSA) is 87.7 Å². The van der Waals surface area contributed by atoms with Crippen molar-refractivity contribution in [3.63, 3.8) is 0 Å². The maximum Gasteiger partial charge on any atom is 0.408 e. The van der Waals surface area contributed by atoms with E-state index in [-0.39, 0.29) is 24.4 Å². The van der Waals surface area contributed by atoms with Crippen molar-refractivity contribution < 1.29 is 19.1 Å². The number of hydrogen-bond acceptors (Lipinski definition) is 4. The molecule has 1 aromatic carbocycles. The summed E-state index contributed by atoms with van der Waals surface area (Å²) in [5, 5.41) is 5.84. The highest BCUT2D eigenvalue weighted by Gasteiger charge is 2.25. The Bertz CT molecular complexity index is 694. The van der Waals surface area contributed by atoms with Crippen LogP contribution in [-0.2, 0) is 9.53 Å². The number of carbonyl (C=O) groups excluding carboxylic acids is 3. The number of alkyl carbamates (subject to hydrolysis) is 1. The number of likely N-dealkylation sites (tertiary alicyclic amines) is 1. The molecule has 0 spiro atoms. The Morgan fingerprint density at radius 3 is 2.41 bits per heavy atom. The molecule has 0 aliphatic carbocycles. The van der Waals surface area contributed by atoms with Crippen LogP contribution in [0.5, 0.6) is 0 Å². The minimum Gasteiger partial charge on any atom is -0.444 e. The van der Waals surface area contributed by atoms with E-state index in [2.05, 4.69) is 10.6 Å². The number of halogens is 1. The molecule has 27 heavy (non-hydrogen) atoms. The summed E-state index contributed by atoms with van der Waals surface area (Å²) in [5.41, 5.74) is -0.162. The molecule has 3 amide bonds. The zero-order valence-corrected chi connectivity index (χ0v) is 16.6. The van der Waals surface area contributed by atoms with Crippen molar-refractivity contribution in [1.29, 1.82) is 0 Å². The van der Waals surface area contributed by atoms with Gasteiger partial charge in [0.15, 0.2) is 0 Å². The molecule has 2 N–H and O–H groups in total. The molecule has 1 saturated heterocycles. The minimum absolute atomic E-state index is 0.0170. The third-order valence-electron chi connectivity index (χ3n) is 4.08. The Balaban J connectivity index is 1.75. The highest BCUT2D eigenvalue weighted by molar-refractivity contribution is 6.33. The van der Waals surface area contributed by atoms with Crippen LogP contribution in [-0.4, -0.2) is 54.1 Å². The quantitative estimate of drug-likeness (QED) is 0.820. The molecular formula is C19H26ClN3O4. The monoisotopic (exact) mass is 395 g/mol. The summed E-state index contributed by atoms with van der Waals surface area (Å²) in [4.78, 5) is 37.8. The van der Waals surface area contributed by atoms with Gasteiger partial charge in [-0.2, -0.15) is 0 Å². The predicted octanol–water partition coefficient (Wildman–Crippen LogP) is 2.59. The minimum atomic E-state index is -0.613. The van der Waals surface area contributed by atoms with Gasteiger partial charge in [-0.25, -0.2) is 4.79 Å². The first-order valence-corrected chi connectivity index (χ1v) is 9.33. The molecule has 7 nitrogen and oxygen atoms in total. The highest BCUT2D eigenvalue weighted by Crippen LogP contribution is 2.16. The number of hydrogen-bond donors (Lipinski definition) is 2. The highest BCUT2D eigenvalue weighted by atomic mass is 35.5. The van der Waals surface area contributed by atoms with Crippen molar-refractivity contribution in [1.82, 2.24) is 15.5 Å². The fraction of sp³-hybridized carbons (Fsp3) is 0.526. The van der Waals surface area contributed by atoms with Crippen LogP contribution in [0.25, 0.3) is 0 Å². The summed E-state index contributed by atoms with van der Waals surface area (Å²) in [6.45, 7) is 6.21. The Morgan fingerprint density at radius 2 is 1.81 bits per heavy atom. The van der Waals surface area contributed by atoms with Crippen LogP contribution < -0.4 is 10.6 Å². The molecule has 2 rings (SSSR count). The van der Waals surface area contributed by atoms with Crippen LogP contribution >= 0.6 is 11.6 Å². The second kappa shape index (κ2) is 9.08. The Kier molecular flexibility index (Phi) is 7.07. The van der Waals surface area contributed by atoms with Gasteiger partial charge in [-0.05, 0) is 45.7 Å². The van der Waals surface area contributed by atoms with Gasteiger partial charge >= 0.3 is 6.09 Å². The maximum absolute atomic E-state index is 12.3. The number of rotatable bonds is 4. The Hall–Kier alpha value is -2.28. The van der Waals surface area contributed by atoms with Crippen LogP contribution in [0.4, 0.5) is 4.79 Å². The lowest BCUT2D eigenvalue weighted by Gasteiger charge is -2.32. The summed E-state index contributed by atoms with van der Waals surface area (Å²) in [6.07, 6.45) is 0.681. The fourth-order valence-corrected chi connectivity index (χ4v) is 2.98. The van der Waals surface area contributed by atoms with Gasteiger partial charge < -0.3 is 20.3 Å². The Labute approximate surface area is 164 Å². The van der Waals surface area contributed by atoms with Crippen LogP contribution in [0.1, 0.15) is 44.0 Å². The molecule has 1 aliphatic heterocycles. The predicted molar refractivity (Wildman–Crippen MR) is 103 cm³/mol. The van der Waals surface area contributed by atoms with Gasteiger partial charge in [0.05, 0.1) is 10.6 Å². The van der Waals surface area contributed by atoms with E-state index in [1.807, 2.05) is 0 Å². The number of nitrogens with one attached hydrogen (secondary N) is 2. The number of ether oxygens (including phenoxy) is 1. The lowest BCUT2D eigenvalue weighted by atomic mass is 10.0. The van der Waals surface area contributed by atoms with Gasteiger partial charge in [0.2, 0.25) is 5.91 Å². The van der Waals surface area contributed by atoms with Crippen LogP contribution in [0, 0.1) is 0 Å². The first-order valence-electron chi connectivity index (χ1n) is 8.96. The number of benzene rings is 1. The molecular weight excluding hydrogens is 370 g/mol. The normalized spacial score (nSPS) is 15.2. The lowest BCUT2D eigenvalue weighted by molar-refractivity contribution is -0.131. The van der Waals surface area contributed by atoms with Gasteiger partial charge in [-0.1, -0.05) is 23.7 Å². The van der Waals surface area contributed by atoms with Crippen LogP contribution in [0.3, 0.4) is 0 Å². The van der Waals surface area contributed by atoms with Gasteiger partial charge in [0.25, 0.3) is 5.91 Å². The van der Waals surface area contributed by atoms with E-state index in [9.17, 15) is 14.4 Å². The molecule has 0 aromatic heterocycles. The molecule has 1 aliphatic rings. The molecule has 1 fully saturated rings. The van der Waals surface area contributed by atoms with E-state index in [0.717, 1.165) is 0 Å². The smallest absolute Gasteiger partial charge is 0.408 e. The molecule has 0 radical (unpaired) electrons. The molecule has 0 atom stereocenters. The summed E-state index contributed by atoms with van der Waals surface area (Å²) in [5.74, 6) is -0.381. The fourth-order valence-electron chi connectivity index (χ4n) is 2.76. The second-order valence-corrected chi connectivity index (χ2v) is 7.87. The average Bonchev–Trinajstić information content (AvgIpc) is 2.59. The molecule has 148 valence electrons. The van der Waals surface area contributed by atoms with E-state index in [4.69, 9.17) is 16.3 Å². The molecule has 0 bridgehead atoms. The van der Waals surface area contributed by atoms with Crippen molar-refractivity contribution in [3.05, 3.63) is 34.9 Å². The number of amides is 3. The molecule has 0 saturated carbocycles. The Morgan fingerprint density at radius 1 is 1.19 bits per heavy atom. The lowest BCUT2D eigenvalue weighted by Crippen LogP contribution is -2.49. The summed E-state index contributed by atoms with van der Waals surface area (Å²) >= 11 is 6.04. The van der Waals surface area contributed by atoms with Crippen LogP contribution in [0.15, 0.2) is 24.3 Å². The van der Waals surface area contributed by atoms with Crippen molar-refractivity contribution in [2.24, 2.45) is 0 Å². The first kappa shape index (κ1) is 21.0. The third-order valence-corrected chi connectivity index (χ3v) is 4.41. The van der Waals surface area contributed by atoms with Gasteiger partial charge in [0, 0.05) is 19.1 Å². The average molecular weight is 396 g/mol. The van der Waals surface area contributed by atoms with E-state index in [0.29, 0.717) is 36.5 Å².